The van der Waals surface area contributed by atoms with Crippen molar-refractivity contribution < 1.29 is 19.4 Å². The first-order valence-electron chi connectivity index (χ1n) is 7.63. The van der Waals surface area contributed by atoms with Crippen molar-refractivity contribution in [1.29, 1.82) is 0 Å². The van der Waals surface area contributed by atoms with Crippen molar-refractivity contribution >= 4 is 11.6 Å². The summed E-state index contributed by atoms with van der Waals surface area (Å²) in [5, 5.41) is 12.3. The number of phenols is 1. The van der Waals surface area contributed by atoms with E-state index in [-0.39, 0.29) is 11.7 Å². The Hall–Kier alpha value is -2.69. The minimum Gasteiger partial charge on any atom is -0.506 e. The van der Waals surface area contributed by atoms with Crippen LogP contribution in [-0.4, -0.2) is 24.2 Å². The molecule has 0 saturated heterocycles. The summed E-state index contributed by atoms with van der Waals surface area (Å²) in [7, 11) is 0. The molecular weight excluding hydrogens is 294 g/mol. The molecule has 0 atom stereocenters. The molecule has 0 unspecified atom stereocenters. The summed E-state index contributed by atoms with van der Waals surface area (Å²) in [5.41, 5.74) is 0.417. The monoisotopic (exact) mass is 315 g/mol. The van der Waals surface area contributed by atoms with Gasteiger partial charge in [-0.15, -0.1) is 0 Å². The van der Waals surface area contributed by atoms with Gasteiger partial charge >= 0.3 is 0 Å². The molecule has 2 aromatic rings. The number of anilines is 1. The number of benzene rings is 2. The molecule has 2 N–H and O–H groups in total. The molecule has 0 aliphatic heterocycles. The lowest BCUT2D eigenvalue weighted by Gasteiger charge is -2.11. The summed E-state index contributed by atoms with van der Waals surface area (Å²) in [6, 6.07) is 14.1. The highest BCUT2D eigenvalue weighted by Gasteiger charge is 2.07. The van der Waals surface area contributed by atoms with Crippen molar-refractivity contribution in [3.8, 4) is 17.2 Å². The first kappa shape index (κ1) is 16.7. The highest BCUT2D eigenvalue weighted by atomic mass is 16.5. The first-order chi connectivity index (χ1) is 11.2. The lowest BCUT2D eigenvalue weighted by Crippen LogP contribution is -2.13. The maximum atomic E-state index is 11.8. The van der Waals surface area contributed by atoms with Crippen LogP contribution < -0.4 is 14.8 Å². The molecule has 5 nitrogen and oxygen atoms in total. The Morgan fingerprint density at radius 1 is 1.04 bits per heavy atom. The summed E-state index contributed by atoms with van der Waals surface area (Å²) < 4.78 is 11.1. The van der Waals surface area contributed by atoms with Crippen LogP contribution in [-0.2, 0) is 4.79 Å². The summed E-state index contributed by atoms with van der Waals surface area (Å²) in [4.78, 5) is 11.8. The van der Waals surface area contributed by atoms with Gasteiger partial charge in [0.05, 0.1) is 18.9 Å². The molecule has 23 heavy (non-hydrogen) atoms. The van der Waals surface area contributed by atoms with Gasteiger partial charge in [-0.05, 0) is 37.6 Å². The fourth-order valence-corrected chi connectivity index (χ4v) is 2.05. The molecule has 0 radical (unpaired) electrons. The lowest BCUT2D eigenvalue weighted by molar-refractivity contribution is -0.116. The Balaban J connectivity index is 1.75. The molecule has 2 aromatic carbocycles. The Morgan fingerprint density at radius 3 is 2.39 bits per heavy atom. The predicted octanol–water partition coefficient (Wildman–Crippen LogP) is 3.59. The van der Waals surface area contributed by atoms with E-state index in [0.717, 1.165) is 0 Å². The van der Waals surface area contributed by atoms with Crippen LogP contribution in [0, 0.1) is 0 Å². The fraction of sp³-hybridized carbons (Fsp3) is 0.278. The molecule has 0 spiro atoms. The van der Waals surface area contributed by atoms with Crippen LogP contribution in [0.15, 0.2) is 48.5 Å². The van der Waals surface area contributed by atoms with E-state index in [1.807, 2.05) is 31.2 Å². The van der Waals surface area contributed by atoms with Crippen LogP contribution in [0.5, 0.6) is 17.2 Å². The number of phenolic OH excluding ortho intramolecular Hbond substituents is 1. The number of hydrogen-bond donors (Lipinski definition) is 2. The maximum absolute atomic E-state index is 11.8. The van der Waals surface area contributed by atoms with Crippen molar-refractivity contribution in [3.63, 3.8) is 0 Å². The average Bonchev–Trinajstić information content (AvgIpc) is 2.55. The van der Waals surface area contributed by atoms with E-state index in [0.29, 0.717) is 43.2 Å². The van der Waals surface area contributed by atoms with Gasteiger partial charge in [-0.25, -0.2) is 0 Å². The van der Waals surface area contributed by atoms with E-state index in [9.17, 15) is 9.90 Å². The number of nitrogens with one attached hydrogen (secondary N) is 1. The molecule has 122 valence electrons. The number of para-hydroxylation sites is 4. The van der Waals surface area contributed by atoms with Gasteiger partial charge in [0.25, 0.3) is 0 Å². The van der Waals surface area contributed by atoms with Crippen molar-refractivity contribution in [1.82, 2.24) is 0 Å². The standard InChI is InChI=1S/C18H21NO4/c1-2-22-16-10-5-6-11-17(16)23-13-7-12-18(21)19-14-8-3-4-9-15(14)20/h3-6,8-11,20H,2,7,12-13H2,1H3,(H,19,21). The molecular formula is C18H21NO4. The lowest BCUT2D eigenvalue weighted by atomic mass is 10.2. The van der Waals surface area contributed by atoms with E-state index in [2.05, 4.69) is 5.32 Å². The Bertz CT molecular complexity index is 642. The molecule has 5 heteroatoms. The second-order valence-electron chi connectivity index (χ2n) is 4.90. The highest BCUT2D eigenvalue weighted by molar-refractivity contribution is 5.92. The summed E-state index contributed by atoms with van der Waals surface area (Å²) in [6.45, 7) is 2.90. The van der Waals surface area contributed by atoms with Crippen LogP contribution in [0.4, 0.5) is 5.69 Å². The van der Waals surface area contributed by atoms with Crippen LogP contribution >= 0.6 is 0 Å². The van der Waals surface area contributed by atoms with Crippen molar-refractivity contribution in [2.24, 2.45) is 0 Å². The maximum Gasteiger partial charge on any atom is 0.224 e. The van der Waals surface area contributed by atoms with Gasteiger partial charge in [0, 0.05) is 6.42 Å². The smallest absolute Gasteiger partial charge is 0.224 e. The van der Waals surface area contributed by atoms with E-state index in [1.165, 1.54) is 6.07 Å². The van der Waals surface area contributed by atoms with E-state index in [1.54, 1.807) is 18.2 Å². The van der Waals surface area contributed by atoms with Crippen LogP contribution in [0.2, 0.25) is 0 Å². The number of hydrogen-bond acceptors (Lipinski definition) is 4. The summed E-state index contributed by atoms with van der Waals surface area (Å²) in [6.07, 6.45) is 0.880. The number of carbonyl (C=O) groups excluding carboxylic acids is 1. The van der Waals surface area contributed by atoms with E-state index >= 15 is 0 Å². The quantitative estimate of drug-likeness (QED) is 0.577. The van der Waals surface area contributed by atoms with E-state index < -0.39 is 0 Å². The number of aromatic hydroxyl groups is 1. The predicted molar refractivity (Wildman–Crippen MR) is 89.1 cm³/mol. The molecule has 0 aromatic heterocycles. The topological polar surface area (TPSA) is 67.8 Å². The Kier molecular flexibility index (Phi) is 6.29. The van der Waals surface area contributed by atoms with Gasteiger partial charge in [-0.1, -0.05) is 24.3 Å². The zero-order chi connectivity index (χ0) is 16.5. The van der Waals surface area contributed by atoms with Crippen LogP contribution in [0.3, 0.4) is 0 Å². The molecule has 1 amide bonds. The summed E-state index contributed by atoms with van der Waals surface area (Å²) in [5.74, 6) is 1.28. The van der Waals surface area contributed by atoms with Crippen molar-refractivity contribution in [3.05, 3.63) is 48.5 Å². The molecule has 0 saturated carbocycles. The SMILES string of the molecule is CCOc1ccccc1OCCCC(=O)Nc1ccccc1O. The minimum atomic E-state index is -0.159. The first-order valence-corrected chi connectivity index (χ1v) is 7.63. The zero-order valence-electron chi connectivity index (χ0n) is 13.1. The number of carbonyl (C=O) groups is 1. The number of amides is 1. The minimum absolute atomic E-state index is 0.0581. The third-order valence-corrected chi connectivity index (χ3v) is 3.13. The van der Waals surface area contributed by atoms with E-state index in [4.69, 9.17) is 9.47 Å². The third kappa shape index (κ3) is 5.21. The van der Waals surface area contributed by atoms with Crippen molar-refractivity contribution in [2.45, 2.75) is 19.8 Å². The van der Waals surface area contributed by atoms with Gasteiger partial charge in [-0.3, -0.25) is 4.79 Å². The number of ether oxygens (including phenoxy) is 2. The van der Waals surface area contributed by atoms with Gasteiger partial charge in [0.1, 0.15) is 5.75 Å². The third-order valence-electron chi connectivity index (χ3n) is 3.13. The molecule has 0 aliphatic carbocycles. The molecule has 0 aliphatic rings. The Morgan fingerprint density at radius 2 is 1.70 bits per heavy atom. The van der Waals surface area contributed by atoms with Crippen LogP contribution in [0.1, 0.15) is 19.8 Å². The fourth-order valence-electron chi connectivity index (χ4n) is 2.05. The van der Waals surface area contributed by atoms with Crippen LogP contribution in [0.25, 0.3) is 0 Å². The summed E-state index contributed by atoms with van der Waals surface area (Å²) >= 11 is 0. The second-order valence-corrected chi connectivity index (χ2v) is 4.90. The van der Waals surface area contributed by atoms with Gasteiger partial charge < -0.3 is 19.9 Å². The molecule has 0 fully saturated rings. The molecule has 2 rings (SSSR count). The average molecular weight is 315 g/mol. The van der Waals surface area contributed by atoms with Gasteiger partial charge in [-0.2, -0.15) is 0 Å². The molecule has 0 heterocycles. The van der Waals surface area contributed by atoms with Gasteiger partial charge in [0.2, 0.25) is 5.91 Å². The van der Waals surface area contributed by atoms with Crippen molar-refractivity contribution in [2.75, 3.05) is 18.5 Å². The normalized spacial score (nSPS) is 10.1. The Labute approximate surface area is 135 Å². The highest BCUT2D eigenvalue weighted by Crippen LogP contribution is 2.26. The zero-order valence-corrected chi connectivity index (χ0v) is 13.1. The second kappa shape index (κ2) is 8.68. The molecule has 0 bridgehead atoms. The number of rotatable bonds is 8. The largest absolute Gasteiger partial charge is 0.506 e. The van der Waals surface area contributed by atoms with Gasteiger partial charge in [0.15, 0.2) is 11.5 Å².